The Bertz CT molecular complexity index is 1270. The third-order valence-corrected chi connectivity index (χ3v) is 7.01. The Hall–Kier alpha value is -3.22. The van der Waals surface area contributed by atoms with E-state index in [4.69, 9.17) is 4.98 Å². The first kappa shape index (κ1) is 20.7. The smallest absolute Gasteiger partial charge is 0.332 e. The molecule has 2 aromatic heterocycles. The van der Waals surface area contributed by atoms with E-state index < -0.39 is 0 Å². The van der Waals surface area contributed by atoms with Gasteiger partial charge in [-0.2, -0.15) is 0 Å². The molecule has 3 heterocycles. The van der Waals surface area contributed by atoms with Gasteiger partial charge >= 0.3 is 5.69 Å². The van der Waals surface area contributed by atoms with Crippen LogP contribution in [-0.4, -0.2) is 38.0 Å². The molecule has 0 radical (unpaired) electrons. The lowest BCUT2D eigenvalue weighted by atomic mass is 10.0. The van der Waals surface area contributed by atoms with E-state index in [2.05, 4.69) is 0 Å². The molecule has 1 aliphatic heterocycles. The maximum Gasteiger partial charge on any atom is 0.332 e. The van der Waals surface area contributed by atoms with Crippen LogP contribution in [0.4, 0.5) is 0 Å². The van der Waals surface area contributed by atoms with E-state index in [1.165, 1.54) is 7.05 Å². The lowest BCUT2D eigenvalue weighted by Gasteiger charge is -2.20. The number of carbonyl (C=O) groups is 1. The molecule has 1 aromatic carbocycles. The Labute approximate surface area is 186 Å². The van der Waals surface area contributed by atoms with Gasteiger partial charge in [0.1, 0.15) is 5.65 Å². The Morgan fingerprint density at radius 1 is 1.03 bits per heavy atom. The molecule has 32 heavy (non-hydrogen) atoms. The van der Waals surface area contributed by atoms with Gasteiger partial charge in [-0.05, 0) is 37.0 Å². The molecule has 0 N–H and O–H groups in total. The van der Waals surface area contributed by atoms with Crippen molar-refractivity contribution < 1.29 is 4.79 Å². The van der Waals surface area contributed by atoms with E-state index in [1.54, 1.807) is 10.6 Å². The Morgan fingerprint density at radius 2 is 1.78 bits per heavy atom. The molecule has 5 rings (SSSR count). The molecule has 166 valence electrons. The van der Waals surface area contributed by atoms with Gasteiger partial charge in [0.05, 0.1) is 11.9 Å². The summed E-state index contributed by atoms with van der Waals surface area (Å²) >= 11 is 0. The van der Waals surface area contributed by atoms with E-state index in [0.717, 1.165) is 54.5 Å². The number of aromatic nitrogens is 3. The van der Waals surface area contributed by atoms with Crippen LogP contribution in [0.15, 0.2) is 52.1 Å². The zero-order chi connectivity index (χ0) is 22.2. The zero-order valence-corrected chi connectivity index (χ0v) is 18.4. The topological polar surface area (TPSA) is 77.2 Å². The minimum Gasteiger partial charge on any atom is -0.342 e. The van der Waals surface area contributed by atoms with Crippen molar-refractivity contribution in [2.24, 2.45) is 13.0 Å². The molecule has 1 atom stereocenters. The maximum atomic E-state index is 13.0. The first-order valence-electron chi connectivity index (χ1n) is 11.5. The largest absolute Gasteiger partial charge is 0.342 e. The van der Waals surface area contributed by atoms with Crippen LogP contribution in [0, 0.1) is 5.92 Å². The van der Waals surface area contributed by atoms with Gasteiger partial charge in [0.25, 0.3) is 5.56 Å². The second kappa shape index (κ2) is 8.37. The summed E-state index contributed by atoms with van der Waals surface area (Å²) in [6.45, 7) is 1.74. The molecule has 1 saturated heterocycles. The van der Waals surface area contributed by atoms with Crippen molar-refractivity contribution in [1.29, 1.82) is 0 Å². The number of rotatable bonds is 4. The van der Waals surface area contributed by atoms with Crippen LogP contribution in [0.25, 0.3) is 11.0 Å². The number of carbonyl (C=O) groups excluding carboxylic acids is 1. The van der Waals surface area contributed by atoms with Crippen LogP contribution >= 0.6 is 0 Å². The molecular formula is C25H28N4O3. The fraction of sp³-hybridized carbons (Fsp3) is 0.440. The van der Waals surface area contributed by atoms with E-state index in [9.17, 15) is 14.4 Å². The van der Waals surface area contributed by atoms with Crippen LogP contribution in [0.2, 0.25) is 0 Å². The van der Waals surface area contributed by atoms with Crippen molar-refractivity contribution >= 4 is 16.9 Å². The second-order valence-corrected chi connectivity index (χ2v) is 9.08. The fourth-order valence-electron chi connectivity index (χ4n) is 5.14. The summed E-state index contributed by atoms with van der Waals surface area (Å²) in [5, 5.41) is 0.434. The van der Waals surface area contributed by atoms with Crippen molar-refractivity contribution in [2.75, 3.05) is 13.1 Å². The molecule has 3 aromatic rings. The normalized spacial score (nSPS) is 19.2. The first-order chi connectivity index (χ1) is 15.5. The van der Waals surface area contributed by atoms with Crippen molar-refractivity contribution in [3.63, 3.8) is 0 Å². The number of likely N-dealkylation sites (tertiary alicyclic amines) is 1. The van der Waals surface area contributed by atoms with E-state index in [0.29, 0.717) is 24.1 Å². The predicted molar refractivity (Wildman–Crippen MR) is 123 cm³/mol. The number of pyridine rings is 1. The summed E-state index contributed by atoms with van der Waals surface area (Å²) in [5.41, 5.74) is 1.52. The van der Waals surface area contributed by atoms with Crippen LogP contribution in [0.5, 0.6) is 0 Å². The molecule has 1 unspecified atom stereocenters. The average Bonchev–Trinajstić information content (AvgIpc) is 3.53. The molecule has 1 aliphatic carbocycles. The molecular weight excluding hydrogens is 404 g/mol. The van der Waals surface area contributed by atoms with Crippen molar-refractivity contribution in [1.82, 2.24) is 19.0 Å². The average molecular weight is 433 g/mol. The van der Waals surface area contributed by atoms with Crippen molar-refractivity contribution in [3.8, 4) is 0 Å². The Morgan fingerprint density at radius 3 is 2.53 bits per heavy atom. The predicted octanol–water partition coefficient (Wildman–Crippen LogP) is 2.65. The van der Waals surface area contributed by atoms with Crippen LogP contribution in [-0.2, 0) is 18.4 Å². The second-order valence-electron chi connectivity index (χ2n) is 9.08. The summed E-state index contributed by atoms with van der Waals surface area (Å²) in [6, 6.07) is 13.4. The van der Waals surface area contributed by atoms with Crippen LogP contribution in [0.3, 0.4) is 0 Å². The van der Waals surface area contributed by atoms with Gasteiger partial charge in [-0.1, -0.05) is 43.2 Å². The van der Waals surface area contributed by atoms with Crippen LogP contribution < -0.4 is 11.2 Å². The minimum absolute atomic E-state index is 0.120. The van der Waals surface area contributed by atoms with E-state index in [-0.39, 0.29) is 29.0 Å². The molecule has 0 bridgehead atoms. The van der Waals surface area contributed by atoms with E-state index in [1.807, 2.05) is 41.3 Å². The number of fused-ring (bicyclic) bond motifs is 1. The molecule has 2 aliphatic rings. The molecule has 7 nitrogen and oxygen atoms in total. The summed E-state index contributed by atoms with van der Waals surface area (Å²) < 4.78 is 2.72. The standard InChI is InChI=1S/C25H28N4O3/c1-27-24(31)20-11-12-21(19-13-14-28(16-19)23(30)18-9-5-6-10-18)26-22(20)29(25(27)32)15-17-7-3-2-4-8-17/h2-4,7-8,11-12,18-19H,5-6,9-10,13-16H2,1H3. The lowest BCUT2D eigenvalue weighted by Crippen LogP contribution is -2.39. The summed E-state index contributed by atoms with van der Waals surface area (Å²) in [5.74, 6) is 0.576. The fourth-order valence-corrected chi connectivity index (χ4v) is 5.14. The van der Waals surface area contributed by atoms with Gasteiger partial charge in [0.2, 0.25) is 5.91 Å². The van der Waals surface area contributed by atoms with Gasteiger partial charge in [0, 0.05) is 37.7 Å². The number of hydrogen-bond donors (Lipinski definition) is 0. The number of hydrogen-bond acceptors (Lipinski definition) is 4. The third kappa shape index (κ3) is 3.66. The summed E-state index contributed by atoms with van der Waals surface area (Å²) in [6.07, 6.45) is 5.15. The highest BCUT2D eigenvalue weighted by Gasteiger charge is 2.33. The maximum absolute atomic E-state index is 13.0. The van der Waals surface area contributed by atoms with Gasteiger partial charge < -0.3 is 4.90 Å². The number of nitrogens with zero attached hydrogens (tertiary/aromatic N) is 4. The molecule has 1 amide bonds. The number of benzene rings is 1. The van der Waals surface area contributed by atoms with Crippen molar-refractivity contribution in [2.45, 2.75) is 44.6 Å². The lowest BCUT2D eigenvalue weighted by molar-refractivity contribution is -0.134. The number of amides is 1. The highest BCUT2D eigenvalue weighted by molar-refractivity contribution is 5.79. The minimum atomic E-state index is -0.375. The highest BCUT2D eigenvalue weighted by atomic mass is 16.2. The monoisotopic (exact) mass is 432 g/mol. The zero-order valence-electron chi connectivity index (χ0n) is 18.4. The highest BCUT2D eigenvalue weighted by Crippen LogP contribution is 2.32. The Balaban J connectivity index is 1.50. The third-order valence-electron chi connectivity index (χ3n) is 7.01. The van der Waals surface area contributed by atoms with Gasteiger partial charge in [0.15, 0.2) is 0 Å². The van der Waals surface area contributed by atoms with Crippen molar-refractivity contribution in [3.05, 3.63) is 74.6 Å². The van der Waals surface area contributed by atoms with Gasteiger partial charge in [-0.25, -0.2) is 9.78 Å². The SMILES string of the molecule is Cn1c(=O)c2ccc(C3CCN(C(=O)C4CCCC4)C3)nc2n(Cc2ccccc2)c1=O. The molecule has 7 heteroatoms. The van der Waals surface area contributed by atoms with E-state index >= 15 is 0 Å². The summed E-state index contributed by atoms with van der Waals surface area (Å²) in [7, 11) is 1.50. The molecule has 1 saturated carbocycles. The van der Waals surface area contributed by atoms with Gasteiger partial charge in [-0.15, -0.1) is 0 Å². The van der Waals surface area contributed by atoms with Crippen LogP contribution in [0.1, 0.15) is 49.3 Å². The Kier molecular flexibility index (Phi) is 5.41. The first-order valence-corrected chi connectivity index (χ1v) is 11.5. The molecule has 0 spiro atoms. The quantitative estimate of drug-likeness (QED) is 0.635. The van der Waals surface area contributed by atoms with Gasteiger partial charge in [-0.3, -0.25) is 18.7 Å². The summed E-state index contributed by atoms with van der Waals surface area (Å²) in [4.78, 5) is 45.3. The molecule has 2 fully saturated rings.